The lowest BCUT2D eigenvalue weighted by molar-refractivity contribution is 0.812. The summed E-state index contributed by atoms with van der Waals surface area (Å²) in [6, 6.07) is 6.26. The number of halogens is 1. The molecule has 0 fully saturated rings. The van der Waals surface area contributed by atoms with Gasteiger partial charge in [-0.15, -0.1) is 13.2 Å². The highest BCUT2D eigenvalue weighted by Gasteiger charge is 2.08. The second kappa shape index (κ2) is 6.62. The molecule has 2 nitrogen and oxygen atoms in total. The van der Waals surface area contributed by atoms with Gasteiger partial charge in [0.1, 0.15) is 0 Å². The summed E-state index contributed by atoms with van der Waals surface area (Å²) in [7, 11) is 0. The number of nitrogens with two attached hydrogens (primary N) is 1. The third-order valence-electron chi connectivity index (χ3n) is 2.54. The molecule has 0 aliphatic rings. The smallest absolute Gasteiger partial charge is 0.0383 e. The summed E-state index contributed by atoms with van der Waals surface area (Å²) in [5.74, 6) is 0. The topological polar surface area (TPSA) is 29.3 Å². The summed E-state index contributed by atoms with van der Waals surface area (Å²) in [5, 5.41) is 0. The van der Waals surface area contributed by atoms with E-state index in [1.54, 1.807) is 0 Å². The highest BCUT2D eigenvalue weighted by atomic mass is 79.9. The minimum Gasteiger partial charge on any atom is -0.364 e. The molecule has 0 aliphatic carbocycles. The molecule has 0 bridgehead atoms. The molecule has 3 heteroatoms. The Morgan fingerprint density at radius 3 is 2.35 bits per heavy atom. The van der Waals surface area contributed by atoms with E-state index in [2.05, 4.69) is 52.2 Å². The third-order valence-corrected chi connectivity index (χ3v) is 3.23. The Hall–Kier alpha value is -1.06. The van der Waals surface area contributed by atoms with Gasteiger partial charge in [0.25, 0.3) is 0 Å². The molecule has 0 spiro atoms. The Morgan fingerprint density at radius 2 is 1.94 bits per heavy atom. The first-order valence-electron chi connectivity index (χ1n) is 5.62. The zero-order chi connectivity index (χ0) is 12.8. The number of hydrogen-bond donors (Lipinski definition) is 1. The fourth-order valence-electron chi connectivity index (χ4n) is 1.68. The van der Waals surface area contributed by atoms with Crippen molar-refractivity contribution in [3.05, 3.63) is 53.5 Å². The van der Waals surface area contributed by atoms with E-state index in [-0.39, 0.29) is 6.04 Å². The van der Waals surface area contributed by atoms with Gasteiger partial charge in [0.2, 0.25) is 0 Å². The molecular weight excluding hydrogens is 276 g/mol. The first kappa shape index (κ1) is 14.0. The average Bonchev–Trinajstić information content (AvgIpc) is 2.28. The second-order valence-electron chi connectivity index (χ2n) is 3.98. The summed E-state index contributed by atoms with van der Waals surface area (Å²) in [5.41, 5.74) is 8.14. The number of hydrogen-bond acceptors (Lipinski definition) is 2. The molecular formula is C14H19BrN2. The molecule has 0 saturated carbocycles. The summed E-state index contributed by atoms with van der Waals surface area (Å²) >= 11 is 3.56. The molecule has 17 heavy (non-hydrogen) atoms. The first-order chi connectivity index (χ1) is 8.10. The molecule has 1 aromatic carbocycles. The van der Waals surface area contributed by atoms with Gasteiger partial charge in [0.05, 0.1) is 0 Å². The zero-order valence-electron chi connectivity index (χ0n) is 10.2. The number of rotatable bonds is 6. The van der Waals surface area contributed by atoms with E-state index >= 15 is 0 Å². The van der Waals surface area contributed by atoms with Gasteiger partial charge in [0, 0.05) is 29.3 Å². The molecule has 2 N–H and O–H groups in total. The van der Waals surface area contributed by atoms with Crippen molar-refractivity contribution in [3.8, 4) is 0 Å². The van der Waals surface area contributed by atoms with E-state index in [1.165, 1.54) is 0 Å². The van der Waals surface area contributed by atoms with E-state index in [0.717, 1.165) is 28.8 Å². The monoisotopic (exact) mass is 294 g/mol. The van der Waals surface area contributed by atoms with Crippen LogP contribution >= 0.6 is 15.9 Å². The average molecular weight is 295 g/mol. The van der Waals surface area contributed by atoms with Gasteiger partial charge in [-0.2, -0.15) is 0 Å². The van der Waals surface area contributed by atoms with E-state index in [0.29, 0.717) is 0 Å². The van der Waals surface area contributed by atoms with Crippen LogP contribution in [0.2, 0.25) is 0 Å². The number of nitrogens with zero attached hydrogens (tertiary/aromatic N) is 1. The fraction of sp³-hybridized carbons (Fsp3) is 0.286. The van der Waals surface area contributed by atoms with Crippen molar-refractivity contribution in [2.24, 2.45) is 5.73 Å². The summed E-state index contributed by atoms with van der Waals surface area (Å²) < 4.78 is 1.04. The maximum Gasteiger partial charge on any atom is 0.0383 e. The quantitative estimate of drug-likeness (QED) is 0.812. The number of anilines is 1. The van der Waals surface area contributed by atoms with Gasteiger partial charge < -0.3 is 10.6 Å². The van der Waals surface area contributed by atoms with Crippen LogP contribution in [0.5, 0.6) is 0 Å². The van der Waals surface area contributed by atoms with Crippen LogP contribution < -0.4 is 10.6 Å². The van der Waals surface area contributed by atoms with Crippen molar-refractivity contribution < 1.29 is 0 Å². The standard InChI is InChI=1S/C14H19BrN2/c1-4-8-17(9-5-2)12-6-7-13(11(3)16)14(15)10-12/h4-7,10-11H,1-2,8-9,16H2,3H3. The number of benzene rings is 1. The summed E-state index contributed by atoms with van der Waals surface area (Å²) in [6.07, 6.45) is 3.77. The van der Waals surface area contributed by atoms with E-state index < -0.39 is 0 Å². The summed E-state index contributed by atoms with van der Waals surface area (Å²) in [4.78, 5) is 2.19. The lowest BCUT2D eigenvalue weighted by Gasteiger charge is -2.23. The second-order valence-corrected chi connectivity index (χ2v) is 4.83. The Morgan fingerprint density at radius 1 is 1.35 bits per heavy atom. The molecule has 1 aromatic rings. The highest BCUT2D eigenvalue weighted by Crippen LogP contribution is 2.27. The Bertz CT molecular complexity index is 389. The molecule has 1 rings (SSSR count). The van der Waals surface area contributed by atoms with Crippen LogP contribution in [-0.2, 0) is 0 Å². The summed E-state index contributed by atoms with van der Waals surface area (Å²) in [6.45, 7) is 11.1. The highest BCUT2D eigenvalue weighted by molar-refractivity contribution is 9.10. The normalized spacial score (nSPS) is 11.9. The molecule has 0 aromatic heterocycles. The largest absolute Gasteiger partial charge is 0.364 e. The Balaban J connectivity index is 3.00. The van der Waals surface area contributed by atoms with Crippen molar-refractivity contribution in [2.45, 2.75) is 13.0 Å². The van der Waals surface area contributed by atoms with Gasteiger partial charge in [-0.05, 0) is 24.6 Å². The van der Waals surface area contributed by atoms with Crippen molar-refractivity contribution in [1.29, 1.82) is 0 Å². The minimum atomic E-state index is 0.0330. The van der Waals surface area contributed by atoms with Crippen LogP contribution in [0.4, 0.5) is 5.69 Å². The molecule has 0 saturated heterocycles. The minimum absolute atomic E-state index is 0.0330. The Labute approximate surface area is 112 Å². The lowest BCUT2D eigenvalue weighted by atomic mass is 10.1. The van der Waals surface area contributed by atoms with Crippen LogP contribution in [0.15, 0.2) is 48.0 Å². The molecule has 0 radical (unpaired) electrons. The molecule has 92 valence electrons. The molecule has 0 heterocycles. The van der Waals surface area contributed by atoms with E-state index in [9.17, 15) is 0 Å². The van der Waals surface area contributed by atoms with Crippen molar-refractivity contribution in [3.63, 3.8) is 0 Å². The van der Waals surface area contributed by atoms with Crippen molar-refractivity contribution in [2.75, 3.05) is 18.0 Å². The predicted molar refractivity (Wildman–Crippen MR) is 79.4 cm³/mol. The van der Waals surface area contributed by atoms with Gasteiger partial charge >= 0.3 is 0 Å². The van der Waals surface area contributed by atoms with Gasteiger partial charge in [-0.25, -0.2) is 0 Å². The SMILES string of the molecule is C=CCN(CC=C)c1ccc(C(C)N)c(Br)c1. The molecule has 1 unspecified atom stereocenters. The first-order valence-corrected chi connectivity index (χ1v) is 6.41. The fourth-order valence-corrected chi connectivity index (χ4v) is 2.41. The van der Waals surface area contributed by atoms with Crippen LogP contribution in [0, 0.1) is 0 Å². The van der Waals surface area contributed by atoms with Crippen LogP contribution in [0.3, 0.4) is 0 Å². The Kier molecular flexibility index (Phi) is 5.45. The van der Waals surface area contributed by atoms with Crippen molar-refractivity contribution in [1.82, 2.24) is 0 Å². The molecule has 1 atom stereocenters. The van der Waals surface area contributed by atoms with Gasteiger partial charge in [-0.3, -0.25) is 0 Å². The molecule has 0 amide bonds. The van der Waals surface area contributed by atoms with Crippen LogP contribution in [0.1, 0.15) is 18.5 Å². The van der Waals surface area contributed by atoms with Gasteiger partial charge in [-0.1, -0.05) is 34.1 Å². The van der Waals surface area contributed by atoms with E-state index in [1.807, 2.05) is 19.1 Å². The maximum absolute atomic E-state index is 5.88. The maximum atomic E-state index is 5.88. The lowest BCUT2D eigenvalue weighted by Crippen LogP contribution is -2.23. The zero-order valence-corrected chi connectivity index (χ0v) is 11.8. The molecule has 0 aliphatic heterocycles. The van der Waals surface area contributed by atoms with Crippen LogP contribution in [-0.4, -0.2) is 13.1 Å². The van der Waals surface area contributed by atoms with Crippen molar-refractivity contribution >= 4 is 21.6 Å². The van der Waals surface area contributed by atoms with E-state index in [4.69, 9.17) is 5.73 Å². The van der Waals surface area contributed by atoms with Crippen LogP contribution in [0.25, 0.3) is 0 Å². The predicted octanol–water partition coefficient (Wildman–Crippen LogP) is 3.65. The van der Waals surface area contributed by atoms with Gasteiger partial charge in [0.15, 0.2) is 0 Å². The third kappa shape index (κ3) is 3.72.